The summed E-state index contributed by atoms with van der Waals surface area (Å²) in [5.74, 6) is -0.167. The van der Waals surface area contributed by atoms with Crippen molar-refractivity contribution in [3.8, 4) is 0 Å². The van der Waals surface area contributed by atoms with Crippen molar-refractivity contribution in [3.05, 3.63) is 95.8 Å². The molecule has 0 aliphatic carbocycles. The number of carbonyl (C=O) groups excluding carboxylic acids is 2. The van der Waals surface area contributed by atoms with Crippen LogP contribution in [0.5, 0.6) is 0 Å². The minimum Gasteiger partial charge on any atom is -0.352 e. The highest BCUT2D eigenvalue weighted by atomic mass is 16.2. The first kappa shape index (κ1) is 18.6. The predicted molar refractivity (Wildman–Crippen MR) is 107 cm³/mol. The standard InChI is InChI=1S/C23H24N2O2/c1-18(14-15-19-9-4-2-5-10-19)24-22(26)17-25-16-8-13-21(25)23(27)20-11-6-3-7-12-20/h2-13,16,18H,14-15,17H2,1H3,(H,24,26)/t18-/m1/s1. The van der Waals surface area contributed by atoms with Crippen molar-refractivity contribution in [2.45, 2.75) is 32.4 Å². The fraction of sp³-hybridized carbons (Fsp3) is 0.217. The number of benzene rings is 2. The van der Waals surface area contributed by atoms with Gasteiger partial charge in [-0.3, -0.25) is 9.59 Å². The number of nitrogens with zero attached hydrogens (tertiary/aromatic N) is 1. The smallest absolute Gasteiger partial charge is 0.240 e. The first-order valence-corrected chi connectivity index (χ1v) is 9.21. The van der Waals surface area contributed by atoms with Crippen LogP contribution in [0.25, 0.3) is 0 Å². The van der Waals surface area contributed by atoms with Crippen molar-refractivity contribution in [1.29, 1.82) is 0 Å². The summed E-state index contributed by atoms with van der Waals surface area (Å²) in [6.45, 7) is 2.14. The van der Waals surface area contributed by atoms with Gasteiger partial charge in [0.15, 0.2) is 0 Å². The van der Waals surface area contributed by atoms with Gasteiger partial charge in [0.1, 0.15) is 6.54 Å². The minimum absolute atomic E-state index is 0.0709. The molecule has 0 unspecified atom stereocenters. The lowest BCUT2D eigenvalue weighted by Gasteiger charge is -2.15. The summed E-state index contributed by atoms with van der Waals surface area (Å²) in [6.07, 6.45) is 3.56. The first-order chi connectivity index (χ1) is 13.1. The van der Waals surface area contributed by atoms with Crippen molar-refractivity contribution >= 4 is 11.7 Å². The Kier molecular flexibility index (Phi) is 6.21. The van der Waals surface area contributed by atoms with E-state index < -0.39 is 0 Å². The molecule has 4 heteroatoms. The number of aryl methyl sites for hydroxylation is 1. The molecule has 0 aliphatic rings. The Bertz CT molecular complexity index is 885. The van der Waals surface area contributed by atoms with E-state index in [1.54, 1.807) is 35.0 Å². The van der Waals surface area contributed by atoms with Gasteiger partial charge in [0.2, 0.25) is 11.7 Å². The van der Waals surface area contributed by atoms with Crippen molar-refractivity contribution in [3.63, 3.8) is 0 Å². The Morgan fingerprint density at radius 3 is 2.30 bits per heavy atom. The Morgan fingerprint density at radius 1 is 0.926 bits per heavy atom. The van der Waals surface area contributed by atoms with Crippen LogP contribution in [0.2, 0.25) is 0 Å². The maximum Gasteiger partial charge on any atom is 0.240 e. The largest absolute Gasteiger partial charge is 0.352 e. The van der Waals surface area contributed by atoms with Crippen molar-refractivity contribution in [2.24, 2.45) is 0 Å². The molecule has 3 rings (SSSR count). The molecule has 3 aromatic rings. The number of amides is 1. The van der Waals surface area contributed by atoms with Gasteiger partial charge in [0, 0.05) is 17.8 Å². The van der Waals surface area contributed by atoms with Gasteiger partial charge in [-0.25, -0.2) is 0 Å². The summed E-state index contributed by atoms with van der Waals surface area (Å²) < 4.78 is 1.70. The van der Waals surface area contributed by atoms with Crippen LogP contribution >= 0.6 is 0 Å². The minimum atomic E-state index is -0.0890. The van der Waals surface area contributed by atoms with Gasteiger partial charge in [-0.15, -0.1) is 0 Å². The fourth-order valence-corrected chi connectivity index (χ4v) is 3.07. The Balaban J connectivity index is 1.55. The average molecular weight is 360 g/mol. The highest BCUT2D eigenvalue weighted by molar-refractivity contribution is 6.08. The summed E-state index contributed by atoms with van der Waals surface area (Å²) in [6, 6.07) is 23.0. The summed E-state index contributed by atoms with van der Waals surface area (Å²) in [7, 11) is 0. The second kappa shape index (κ2) is 8.99. The number of aromatic nitrogens is 1. The molecule has 0 bridgehead atoms. The monoisotopic (exact) mass is 360 g/mol. The molecule has 1 amide bonds. The van der Waals surface area contributed by atoms with Crippen LogP contribution in [0.1, 0.15) is 35.0 Å². The summed E-state index contributed by atoms with van der Waals surface area (Å²) in [4.78, 5) is 25.0. The van der Waals surface area contributed by atoms with Gasteiger partial charge in [0.25, 0.3) is 0 Å². The van der Waals surface area contributed by atoms with Crippen LogP contribution in [0.3, 0.4) is 0 Å². The average Bonchev–Trinajstić information content (AvgIpc) is 3.15. The molecule has 0 fully saturated rings. The van der Waals surface area contributed by atoms with Crippen LogP contribution in [0, 0.1) is 0 Å². The molecule has 138 valence electrons. The third-order valence-electron chi connectivity index (χ3n) is 4.53. The second-order valence-electron chi connectivity index (χ2n) is 6.71. The number of rotatable bonds is 8. The Hall–Kier alpha value is -3.14. The Morgan fingerprint density at radius 2 is 1.59 bits per heavy atom. The Labute approximate surface area is 159 Å². The molecule has 1 aromatic heterocycles. The number of ketones is 1. The third-order valence-corrected chi connectivity index (χ3v) is 4.53. The van der Waals surface area contributed by atoms with Gasteiger partial charge < -0.3 is 9.88 Å². The number of hydrogen-bond acceptors (Lipinski definition) is 2. The molecule has 0 spiro atoms. The zero-order valence-electron chi connectivity index (χ0n) is 15.5. The molecule has 2 aromatic carbocycles. The van der Waals surface area contributed by atoms with Crippen molar-refractivity contribution in [2.75, 3.05) is 0 Å². The topological polar surface area (TPSA) is 51.1 Å². The molecule has 0 aliphatic heterocycles. The van der Waals surface area contributed by atoms with Crippen LogP contribution in [0.4, 0.5) is 0 Å². The van der Waals surface area contributed by atoms with Crippen LogP contribution in [-0.4, -0.2) is 22.3 Å². The van der Waals surface area contributed by atoms with E-state index in [9.17, 15) is 9.59 Å². The zero-order chi connectivity index (χ0) is 19.1. The van der Waals surface area contributed by atoms with Crippen molar-refractivity contribution in [1.82, 2.24) is 9.88 Å². The quantitative estimate of drug-likeness (QED) is 0.620. The number of carbonyl (C=O) groups is 2. The third kappa shape index (κ3) is 5.17. The lowest BCUT2D eigenvalue weighted by molar-refractivity contribution is -0.122. The van der Waals surface area contributed by atoms with E-state index in [1.807, 2.05) is 43.3 Å². The second-order valence-corrected chi connectivity index (χ2v) is 6.71. The molecular weight excluding hydrogens is 336 g/mol. The van der Waals surface area contributed by atoms with E-state index in [4.69, 9.17) is 0 Å². The maximum atomic E-state index is 12.6. The molecule has 1 heterocycles. The van der Waals surface area contributed by atoms with E-state index in [2.05, 4.69) is 17.4 Å². The normalized spacial score (nSPS) is 11.7. The highest BCUT2D eigenvalue weighted by Gasteiger charge is 2.15. The lowest BCUT2D eigenvalue weighted by Crippen LogP contribution is -2.35. The number of nitrogens with one attached hydrogen (secondary N) is 1. The van der Waals surface area contributed by atoms with Gasteiger partial charge >= 0.3 is 0 Å². The van der Waals surface area contributed by atoms with E-state index in [-0.39, 0.29) is 24.3 Å². The first-order valence-electron chi connectivity index (χ1n) is 9.21. The van der Waals surface area contributed by atoms with E-state index in [0.717, 1.165) is 12.8 Å². The molecule has 27 heavy (non-hydrogen) atoms. The predicted octanol–water partition coefficient (Wildman–Crippen LogP) is 3.86. The summed E-state index contributed by atoms with van der Waals surface area (Å²) >= 11 is 0. The van der Waals surface area contributed by atoms with Crippen molar-refractivity contribution < 1.29 is 9.59 Å². The molecule has 0 saturated heterocycles. The molecule has 4 nitrogen and oxygen atoms in total. The van der Waals surface area contributed by atoms with Crippen LogP contribution in [-0.2, 0) is 17.8 Å². The van der Waals surface area contributed by atoms with Gasteiger partial charge in [0.05, 0.1) is 5.69 Å². The summed E-state index contributed by atoms with van der Waals surface area (Å²) in [5, 5.41) is 3.02. The fourth-order valence-electron chi connectivity index (χ4n) is 3.07. The molecule has 0 saturated carbocycles. The van der Waals surface area contributed by atoms with Crippen LogP contribution in [0.15, 0.2) is 79.0 Å². The molecular formula is C23H24N2O2. The maximum absolute atomic E-state index is 12.6. The summed E-state index contributed by atoms with van der Waals surface area (Å²) in [5.41, 5.74) is 2.40. The van der Waals surface area contributed by atoms with Gasteiger partial charge in [-0.05, 0) is 37.5 Å². The lowest BCUT2D eigenvalue weighted by atomic mass is 10.1. The zero-order valence-corrected chi connectivity index (χ0v) is 15.5. The highest BCUT2D eigenvalue weighted by Crippen LogP contribution is 2.11. The van der Waals surface area contributed by atoms with Crippen LogP contribution < -0.4 is 5.32 Å². The van der Waals surface area contributed by atoms with Gasteiger partial charge in [-0.2, -0.15) is 0 Å². The van der Waals surface area contributed by atoms with E-state index >= 15 is 0 Å². The molecule has 0 radical (unpaired) electrons. The molecule has 1 atom stereocenters. The SMILES string of the molecule is C[C@H](CCc1ccccc1)NC(=O)Cn1cccc1C(=O)c1ccccc1. The van der Waals surface area contributed by atoms with Gasteiger partial charge in [-0.1, -0.05) is 60.7 Å². The number of hydrogen-bond donors (Lipinski definition) is 1. The van der Waals surface area contributed by atoms with E-state index in [0.29, 0.717) is 11.3 Å². The van der Waals surface area contributed by atoms with E-state index in [1.165, 1.54) is 5.56 Å². The molecule has 1 N–H and O–H groups in total.